The van der Waals surface area contributed by atoms with Crippen LogP contribution < -0.4 is 5.32 Å². The Labute approximate surface area is 151 Å². The van der Waals surface area contributed by atoms with Crippen molar-refractivity contribution >= 4 is 16.9 Å². The number of nitrogens with zero attached hydrogens (tertiary/aromatic N) is 4. The summed E-state index contributed by atoms with van der Waals surface area (Å²) in [6, 6.07) is 5.41. The van der Waals surface area contributed by atoms with Crippen molar-refractivity contribution in [2.75, 3.05) is 0 Å². The zero-order chi connectivity index (χ0) is 18.3. The lowest BCUT2D eigenvalue weighted by molar-refractivity contribution is 0.0892. The van der Waals surface area contributed by atoms with E-state index in [4.69, 9.17) is 4.52 Å². The number of amides is 1. The van der Waals surface area contributed by atoms with E-state index in [1.807, 2.05) is 19.9 Å². The van der Waals surface area contributed by atoms with E-state index in [2.05, 4.69) is 25.4 Å². The van der Waals surface area contributed by atoms with E-state index in [9.17, 15) is 4.79 Å². The molecule has 1 fully saturated rings. The lowest BCUT2D eigenvalue weighted by atomic mass is 9.95. The summed E-state index contributed by atoms with van der Waals surface area (Å²) in [4.78, 5) is 26.4. The molecule has 0 unspecified atom stereocenters. The number of nitrogens with one attached hydrogen (secondary N) is 1. The van der Waals surface area contributed by atoms with Crippen molar-refractivity contribution in [3.8, 4) is 0 Å². The number of carbonyl (C=O) groups excluding carboxylic acids is 1. The van der Waals surface area contributed by atoms with Crippen molar-refractivity contribution < 1.29 is 9.32 Å². The molecule has 4 rings (SSSR count). The highest BCUT2D eigenvalue weighted by Crippen LogP contribution is 2.37. The summed E-state index contributed by atoms with van der Waals surface area (Å²) in [6.07, 6.45) is 3.66. The summed E-state index contributed by atoms with van der Waals surface area (Å²) >= 11 is 0. The van der Waals surface area contributed by atoms with Gasteiger partial charge in [0.1, 0.15) is 5.54 Å². The highest BCUT2D eigenvalue weighted by molar-refractivity contribution is 5.97. The van der Waals surface area contributed by atoms with E-state index in [0.29, 0.717) is 17.3 Å². The average molecular weight is 351 g/mol. The van der Waals surface area contributed by atoms with E-state index >= 15 is 0 Å². The van der Waals surface area contributed by atoms with E-state index < -0.39 is 5.54 Å². The van der Waals surface area contributed by atoms with Crippen LogP contribution in [-0.2, 0) is 5.54 Å². The molecule has 7 heteroatoms. The van der Waals surface area contributed by atoms with Crippen LogP contribution in [0.2, 0.25) is 0 Å². The van der Waals surface area contributed by atoms with Gasteiger partial charge in [-0.3, -0.25) is 4.79 Å². The molecule has 1 saturated carbocycles. The van der Waals surface area contributed by atoms with Crippen molar-refractivity contribution in [2.45, 2.75) is 52.0 Å². The van der Waals surface area contributed by atoms with Crippen LogP contribution in [0.15, 0.2) is 22.7 Å². The number of carbonyl (C=O) groups is 1. The minimum absolute atomic E-state index is 0.156. The monoisotopic (exact) mass is 351 g/mol. The third-order valence-electron chi connectivity index (χ3n) is 5.10. The molecule has 0 atom stereocenters. The SMILES string of the molecule is Cc1nc(C2(NC(=O)c3ccc4nc(C)c(C)nc4c3)CCCC2)no1. The lowest BCUT2D eigenvalue weighted by Crippen LogP contribution is -2.44. The molecule has 1 aromatic carbocycles. The molecule has 1 aliphatic rings. The summed E-state index contributed by atoms with van der Waals surface area (Å²) in [5, 5.41) is 7.22. The smallest absolute Gasteiger partial charge is 0.252 e. The molecule has 7 nitrogen and oxygen atoms in total. The highest BCUT2D eigenvalue weighted by Gasteiger charge is 2.41. The van der Waals surface area contributed by atoms with Crippen LogP contribution in [0.1, 0.15) is 59.1 Å². The molecule has 1 amide bonds. The normalized spacial score (nSPS) is 16.1. The van der Waals surface area contributed by atoms with Gasteiger partial charge in [-0.25, -0.2) is 9.97 Å². The minimum Gasteiger partial charge on any atom is -0.340 e. The maximum absolute atomic E-state index is 12.9. The van der Waals surface area contributed by atoms with E-state index in [0.717, 1.165) is 48.1 Å². The Balaban J connectivity index is 1.66. The summed E-state index contributed by atoms with van der Waals surface area (Å²) in [5.74, 6) is 0.913. The van der Waals surface area contributed by atoms with Crippen LogP contribution in [-0.4, -0.2) is 26.0 Å². The largest absolute Gasteiger partial charge is 0.340 e. The first-order valence-electron chi connectivity index (χ1n) is 8.85. The summed E-state index contributed by atoms with van der Waals surface area (Å²) in [5.41, 5.74) is 3.27. The Morgan fingerprint density at radius 1 is 1.04 bits per heavy atom. The molecule has 1 aliphatic carbocycles. The van der Waals surface area contributed by atoms with Gasteiger partial charge >= 0.3 is 0 Å². The molecule has 2 heterocycles. The Morgan fingerprint density at radius 3 is 2.38 bits per heavy atom. The molecule has 134 valence electrons. The van der Waals surface area contributed by atoms with Gasteiger partial charge in [0.15, 0.2) is 5.82 Å². The fourth-order valence-corrected chi connectivity index (χ4v) is 3.54. The third kappa shape index (κ3) is 2.83. The molecular weight excluding hydrogens is 330 g/mol. The zero-order valence-corrected chi connectivity index (χ0v) is 15.2. The second kappa shape index (κ2) is 6.16. The van der Waals surface area contributed by atoms with Crippen molar-refractivity contribution in [3.63, 3.8) is 0 Å². The zero-order valence-electron chi connectivity index (χ0n) is 15.2. The number of aromatic nitrogens is 4. The predicted octanol–water partition coefficient (Wildman–Crippen LogP) is 3.14. The molecule has 3 aromatic rings. The average Bonchev–Trinajstić information content (AvgIpc) is 3.25. The van der Waals surface area contributed by atoms with E-state index in [1.54, 1.807) is 19.1 Å². The second-order valence-corrected chi connectivity index (χ2v) is 6.98. The van der Waals surface area contributed by atoms with Gasteiger partial charge in [0, 0.05) is 12.5 Å². The fourth-order valence-electron chi connectivity index (χ4n) is 3.54. The van der Waals surface area contributed by atoms with Gasteiger partial charge in [0.2, 0.25) is 5.89 Å². The number of benzene rings is 1. The summed E-state index contributed by atoms with van der Waals surface area (Å²) in [7, 11) is 0. The molecule has 0 saturated heterocycles. The number of hydrogen-bond donors (Lipinski definition) is 1. The predicted molar refractivity (Wildman–Crippen MR) is 95.7 cm³/mol. The van der Waals surface area contributed by atoms with Crippen LogP contribution >= 0.6 is 0 Å². The number of aryl methyl sites for hydroxylation is 3. The van der Waals surface area contributed by atoms with Crippen molar-refractivity contribution in [1.29, 1.82) is 0 Å². The first-order chi connectivity index (χ1) is 12.5. The van der Waals surface area contributed by atoms with Crippen molar-refractivity contribution in [1.82, 2.24) is 25.4 Å². The van der Waals surface area contributed by atoms with Crippen LogP contribution in [0.5, 0.6) is 0 Å². The molecule has 26 heavy (non-hydrogen) atoms. The van der Waals surface area contributed by atoms with Crippen LogP contribution in [0.4, 0.5) is 0 Å². The van der Waals surface area contributed by atoms with Crippen molar-refractivity contribution in [2.24, 2.45) is 0 Å². The van der Waals surface area contributed by atoms with Gasteiger partial charge in [-0.15, -0.1) is 0 Å². The van der Waals surface area contributed by atoms with E-state index in [1.165, 1.54) is 0 Å². The third-order valence-corrected chi connectivity index (χ3v) is 5.10. The molecule has 0 radical (unpaired) electrons. The first kappa shape index (κ1) is 16.6. The molecule has 2 aromatic heterocycles. The number of hydrogen-bond acceptors (Lipinski definition) is 6. The van der Waals surface area contributed by atoms with Crippen LogP contribution in [0.25, 0.3) is 11.0 Å². The summed E-state index contributed by atoms with van der Waals surface area (Å²) in [6.45, 7) is 5.60. The van der Waals surface area contributed by atoms with Gasteiger partial charge in [-0.1, -0.05) is 18.0 Å². The molecule has 0 spiro atoms. The standard InChI is InChI=1S/C19H21N5O2/c1-11-12(2)21-16-10-14(6-7-15(16)20-11)17(25)23-19(8-4-5-9-19)18-22-13(3)26-24-18/h6-7,10H,4-5,8-9H2,1-3H3,(H,23,25). The van der Waals surface area contributed by atoms with Gasteiger partial charge in [0.25, 0.3) is 5.91 Å². The maximum atomic E-state index is 12.9. The second-order valence-electron chi connectivity index (χ2n) is 6.98. The number of fused-ring (bicyclic) bond motifs is 1. The van der Waals surface area contributed by atoms with Gasteiger partial charge in [-0.05, 0) is 44.9 Å². The van der Waals surface area contributed by atoms with Crippen LogP contribution in [0.3, 0.4) is 0 Å². The first-order valence-corrected chi connectivity index (χ1v) is 8.85. The molecule has 1 N–H and O–H groups in total. The fraction of sp³-hybridized carbons (Fsp3) is 0.421. The quantitative estimate of drug-likeness (QED) is 0.779. The van der Waals surface area contributed by atoms with Crippen LogP contribution in [0, 0.1) is 20.8 Å². The molecule has 0 aliphatic heterocycles. The van der Waals surface area contributed by atoms with E-state index in [-0.39, 0.29) is 5.91 Å². The molecule has 0 bridgehead atoms. The lowest BCUT2D eigenvalue weighted by Gasteiger charge is -2.26. The Bertz CT molecular complexity index is 989. The van der Waals surface area contributed by atoms with Gasteiger partial charge in [0.05, 0.1) is 22.4 Å². The topological polar surface area (TPSA) is 93.8 Å². The number of rotatable bonds is 3. The highest BCUT2D eigenvalue weighted by atomic mass is 16.5. The minimum atomic E-state index is -0.557. The van der Waals surface area contributed by atoms with Crippen molar-refractivity contribution in [3.05, 3.63) is 46.9 Å². The molecular formula is C19H21N5O2. The summed E-state index contributed by atoms with van der Waals surface area (Å²) < 4.78 is 5.14. The van der Waals surface area contributed by atoms with Gasteiger partial charge < -0.3 is 9.84 Å². The van der Waals surface area contributed by atoms with Gasteiger partial charge in [-0.2, -0.15) is 4.98 Å². The Kier molecular flexibility index (Phi) is 3.94. The Morgan fingerprint density at radius 2 is 1.73 bits per heavy atom. The Hall–Kier alpha value is -2.83. The maximum Gasteiger partial charge on any atom is 0.252 e.